The number of hydrogen-bond donors (Lipinski definition) is 1. The number of halogens is 1. The highest BCUT2D eigenvalue weighted by Crippen LogP contribution is 2.28. The molecule has 1 heterocycles. The van der Waals surface area contributed by atoms with Crippen LogP contribution in [0.4, 0.5) is 4.39 Å². The van der Waals surface area contributed by atoms with E-state index < -0.39 is 0 Å². The van der Waals surface area contributed by atoms with E-state index in [9.17, 15) is 4.39 Å². The van der Waals surface area contributed by atoms with Crippen molar-refractivity contribution in [1.29, 1.82) is 0 Å². The third kappa shape index (κ3) is 4.49. The summed E-state index contributed by atoms with van der Waals surface area (Å²) in [6.07, 6.45) is 4.25. The van der Waals surface area contributed by atoms with Gasteiger partial charge in [0.25, 0.3) is 0 Å². The molecule has 0 aliphatic heterocycles. The summed E-state index contributed by atoms with van der Waals surface area (Å²) in [5.74, 6) is 0.447. The zero-order valence-corrected chi connectivity index (χ0v) is 15.2. The molecule has 0 aliphatic carbocycles. The fraction of sp³-hybridized carbons (Fsp3) is 0.286. The van der Waals surface area contributed by atoms with Crippen LogP contribution in [0.3, 0.4) is 0 Å². The number of hydrogen-bond acceptors (Lipinski definition) is 3. The first-order valence-corrected chi connectivity index (χ1v) is 8.91. The van der Waals surface area contributed by atoms with Gasteiger partial charge in [0.15, 0.2) is 11.6 Å². The maximum Gasteiger partial charge on any atom is 0.165 e. The minimum absolute atomic E-state index is 0.222. The minimum Gasteiger partial charge on any atom is -0.454 e. The van der Waals surface area contributed by atoms with Gasteiger partial charge in [-0.15, -0.1) is 0 Å². The summed E-state index contributed by atoms with van der Waals surface area (Å²) in [7, 11) is 2.12. The van der Waals surface area contributed by atoms with Crippen LogP contribution in [0.15, 0.2) is 54.7 Å². The Kier molecular flexibility index (Phi) is 6.02. The molecular weight excluding hydrogens is 329 g/mol. The lowest BCUT2D eigenvalue weighted by molar-refractivity contribution is 0.321. The molecule has 3 aromatic rings. The number of ether oxygens (including phenoxy) is 1. The molecule has 0 saturated carbocycles. The predicted molar refractivity (Wildman–Crippen MR) is 102 cm³/mol. The number of H-pyrrole nitrogens is 1. The molecule has 0 unspecified atom stereocenters. The van der Waals surface area contributed by atoms with Crippen LogP contribution in [0, 0.1) is 5.82 Å². The lowest BCUT2D eigenvalue weighted by Crippen LogP contribution is -2.19. The summed E-state index contributed by atoms with van der Waals surface area (Å²) in [6, 6.07) is 14.0. The number of aromatic amines is 1. The van der Waals surface area contributed by atoms with E-state index in [1.54, 1.807) is 18.2 Å². The van der Waals surface area contributed by atoms with Crippen molar-refractivity contribution in [3.05, 3.63) is 66.1 Å². The smallest absolute Gasteiger partial charge is 0.165 e. The van der Waals surface area contributed by atoms with Crippen LogP contribution >= 0.6 is 0 Å². The highest BCUT2D eigenvalue weighted by atomic mass is 19.1. The lowest BCUT2D eigenvalue weighted by atomic mass is 10.1. The highest BCUT2D eigenvalue weighted by molar-refractivity contribution is 5.63. The number of rotatable bonds is 8. The Bertz CT molecular complexity index is 829. The van der Waals surface area contributed by atoms with Crippen molar-refractivity contribution in [3.8, 4) is 22.8 Å². The molecule has 1 N–H and O–H groups in total. The molecule has 0 bridgehead atoms. The van der Waals surface area contributed by atoms with E-state index in [1.807, 2.05) is 30.5 Å². The summed E-state index contributed by atoms with van der Waals surface area (Å²) < 4.78 is 19.3. The maximum atomic E-state index is 13.7. The molecule has 0 aliphatic rings. The molecule has 26 heavy (non-hydrogen) atoms. The summed E-state index contributed by atoms with van der Waals surface area (Å²) in [6.45, 7) is 4.11. The molecule has 0 fully saturated rings. The summed E-state index contributed by atoms with van der Waals surface area (Å²) in [5, 5.41) is 7.29. The first-order chi connectivity index (χ1) is 12.7. The van der Waals surface area contributed by atoms with Gasteiger partial charge in [0.05, 0.1) is 11.9 Å². The SMILES string of the molecule is CCCCN(C)Cc1cn[nH]c1-c1ccc(Oc2ccccc2F)cc1. The molecule has 0 spiro atoms. The monoisotopic (exact) mass is 353 g/mol. The Morgan fingerprint density at radius 1 is 1.12 bits per heavy atom. The Morgan fingerprint density at radius 2 is 1.88 bits per heavy atom. The van der Waals surface area contributed by atoms with Crippen molar-refractivity contribution in [3.63, 3.8) is 0 Å². The zero-order valence-electron chi connectivity index (χ0n) is 15.2. The normalized spacial score (nSPS) is 11.1. The molecule has 1 aromatic heterocycles. The molecule has 3 rings (SSSR count). The number of para-hydroxylation sites is 1. The Balaban J connectivity index is 1.71. The predicted octanol–water partition coefficient (Wildman–Crippen LogP) is 5.24. The zero-order chi connectivity index (χ0) is 18.4. The van der Waals surface area contributed by atoms with Gasteiger partial charge >= 0.3 is 0 Å². The standard InChI is InChI=1S/C21H24FN3O/c1-3-4-13-25(2)15-17-14-23-24-21(17)16-9-11-18(12-10-16)26-20-8-6-5-7-19(20)22/h5-12,14H,3-4,13,15H2,1-2H3,(H,23,24). The van der Waals surface area contributed by atoms with Crippen LogP contribution in [0.1, 0.15) is 25.3 Å². The topological polar surface area (TPSA) is 41.2 Å². The van der Waals surface area contributed by atoms with Crippen molar-refractivity contribution >= 4 is 0 Å². The first kappa shape index (κ1) is 18.1. The summed E-state index contributed by atoms with van der Waals surface area (Å²) in [5.41, 5.74) is 3.19. The average molecular weight is 353 g/mol. The quantitative estimate of drug-likeness (QED) is 0.602. The molecule has 4 nitrogen and oxygen atoms in total. The van der Waals surface area contributed by atoms with E-state index in [-0.39, 0.29) is 11.6 Å². The second-order valence-electron chi connectivity index (χ2n) is 6.42. The van der Waals surface area contributed by atoms with E-state index in [0.717, 1.165) is 29.9 Å². The number of nitrogens with zero attached hydrogens (tertiary/aromatic N) is 2. The Labute approximate surface area is 153 Å². The van der Waals surface area contributed by atoms with E-state index in [1.165, 1.54) is 18.9 Å². The second-order valence-corrected chi connectivity index (χ2v) is 6.42. The van der Waals surface area contributed by atoms with E-state index in [4.69, 9.17) is 4.74 Å². The van der Waals surface area contributed by atoms with Crippen LogP contribution in [0.25, 0.3) is 11.3 Å². The van der Waals surface area contributed by atoms with Gasteiger partial charge in [-0.2, -0.15) is 5.10 Å². The van der Waals surface area contributed by atoms with Gasteiger partial charge in [-0.3, -0.25) is 5.10 Å². The number of aromatic nitrogens is 2. The van der Waals surface area contributed by atoms with Crippen LogP contribution in [0.5, 0.6) is 11.5 Å². The van der Waals surface area contributed by atoms with Gasteiger partial charge in [0, 0.05) is 17.7 Å². The molecule has 0 saturated heterocycles. The van der Waals surface area contributed by atoms with E-state index >= 15 is 0 Å². The van der Waals surface area contributed by atoms with Crippen LogP contribution in [-0.2, 0) is 6.54 Å². The van der Waals surface area contributed by atoms with Crippen molar-refractivity contribution in [2.75, 3.05) is 13.6 Å². The Morgan fingerprint density at radius 3 is 2.62 bits per heavy atom. The maximum absolute atomic E-state index is 13.7. The molecule has 0 amide bonds. The number of unbranched alkanes of at least 4 members (excludes halogenated alkanes) is 1. The minimum atomic E-state index is -0.373. The third-order valence-corrected chi connectivity index (χ3v) is 4.26. The van der Waals surface area contributed by atoms with Crippen molar-refractivity contribution in [2.45, 2.75) is 26.3 Å². The van der Waals surface area contributed by atoms with Gasteiger partial charge in [0.1, 0.15) is 5.75 Å². The summed E-state index contributed by atoms with van der Waals surface area (Å²) in [4.78, 5) is 2.30. The first-order valence-electron chi connectivity index (χ1n) is 8.91. The molecular formula is C21H24FN3O. The van der Waals surface area contributed by atoms with Gasteiger partial charge in [-0.05, 0) is 56.4 Å². The number of nitrogens with one attached hydrogen (secondary N) is 1. The number of benzene rings is 2. The van der Waals surface area contributed by atoms with E-state index in [2.05, 4.69) is 29.1 Å². The summed E-state index contributed by atoms with van der Waals surface area (Å²) >= 11 is 0. The largest absolute Gasteiger partial charge is 0.454 e. The average Bonchev–Trinajstić information content (AvgIpc) is 3.10. The van der Waals surface area contributed by atoms with Crippen LogP contribution in [0.2, 0.25) is 0 Å². The third-order valence-electron chi connectivity index (χ3n) is 4.26. The van der Waals surface area contributed by atoms with Gasteiger partial charge in [-0.1, -0.05) is 25.5 Å². The van der Waals surface area contributed by atoms with Crippen molar-refractivity contribution in [1.82, 2.24) is 15.1 Å². The lowest BCUT2D eigenvalue weighted by Gasteiger charge is -2.16. The molecule has 0 radical (unpaired) electrons. The Hall–Kier alpha value is -2.66. The van der Waals surface area contributed by atoms with E-state index in [0.29, 0.717) is 5.75 Å². The van der Waals surface area contributed by atoms with Crippen molar-refractivity contribution in [2.24, 2.45) is 0 Å². The van der Waals surface area contributed by atoms with Gasteiger partial charge < -0.3 is 9.64 Å². The fourth-order valence-corrected chi connectivity index (χ4v) is 2.82. The van der Waals surface area contributed by atoms with Gasteiger partial charge in [0.2, 0.25) is 0 Å². The van der Waals surface area contributed by atoms with Crippen molar-refractivity contribution < 1.29 is 9.13 Å². The molecule has 5 heteroatoms. The molecule has 0 atom stereocenters. The fourth-order valence-electron chi connectivity index (χ4n) is 2.82. The van der Waals surface area contributed by atoms with Crippen LogP contribution in [-0.4, -0.2) is 28.7 Å². The molecule has 136 valence electrons. The van der Waals surface area contributed by atoms with Gasteiger partial charge in [-0.25, -0.2) is 4.39 Å². The highest BCUT2D eigenvalue weighted by Gasteiger charge is 2.11. The van der Waals surface area contributed by atoms with Crippen LogP contribution < -0.4 is 4.74 Å². The molecule has 2 aromatic carbocycles. The second kappa shape index (κ2) is 8.63.